The number of fused-ring (bicyclic) bond motifs is 1. The van der Waals surface area contributed by atoms with Gasteiger partial charge in [0.25, 0.3) is 0 Å². The van der Waals surface area contributed by atoms with Crippen LogP contribution in [0.5, 0.6) is 5.75 Å². The lowest BCUT2D eigenvalue weighted by Crippen LogP contribution is -2.33. The summed E-state index contributed by atoms with van der Waals surface area (Å²) in [7, 11) is 2.16. The van der Waals surface area contributed by atoms with Crippen LogP contribution in [0.2, 0.25) is 0 Å². The highest BCUT2D eigenvalue weighted by atomic mass is 16.5. The van der Waals surface area contributed by atoms with Gasteiger partial charge in [-0.25, -0.2) is 0 Å². The maximum absolute atomic E-state index is 10.2. The first-order valence-electron chi connectivity index (χ1n) is 10.1. The number of hydrogen-bond acceptors (Lipinski definition) is 4. The fraction of sp³-hybridized carbons (Fsp3) is 0.478. The van der Waals surface area contributed by atoms with Crippen molar-refractivity contribution in [2.45, 2.75) is 25.4 Å². The van der Waals surface area contributed by atoms with Crippen LogP contribution in [0.1, 0.15) is 24.8 Å². The second-order valence-electron chi connectivity index (χ2n) is 7.94. The number of β-amino-alcohol motifs (C(OH)–C–C–N with tert-alkyl or cyclic N) is 1. The molecule has 0 spiro atoms. The van der Waals surface area contributed by atoms with E-state index in [9.17, 15) is 5.11 Å². The quantitative estimate of drug-likeness (QED) is 0.850. The summed E-state index contributed by atoms with van der Waals surface area (Å²) in [5.74, 6) is 0.831. The van der Waals surface area contributed by atoms with Crippen molar-refractivity contribution >= 4 is 16.3 Å². The van der Waals surface area contributed by atoms with Gasteiger partial charge < -0.3 is 19.6 Å². The van der Waals surface area contributed by atoms with Crippen LogP contribution in [0.4, 0.5) is 0 Å². The molecule has 1 saturated heterocycles. The van der Waals surface area contributed by atoms with Crippen molar-refractivity contribution in [1.82, 2.24) is 9.80 Å². The Morgan fingerprint density at radius 3 is 2.63 bits per heavy atom. The summed E-state index contributed by atoms with van der Waals surface area (Å²) >= 11 is 0. The Balaban J connectivity index is 1.42. The van der Waals surface area contributed by atoms with Crippen LogP contribution in [0.25, 0.3) is 16.3 Å². The average molecular weight is 367 g/mol. The third-order valence-corrected chi connectivity index (χ3v) is 5.70. The Morgan fingerprint density at radius 2 is 1.85 bits per heavy atom. The van der Waals surface area contributed by atoms with E-state index in [1.165, 1.54) is 34.8 Å². The molecule has 144 valence electrons. The van der Waals surface area contributed by atoms with Crippen molar-refractivity contribution in [3.8, 4) is 5.75 Å². The summed E-state index contributed by atoms with van der Waals surface area (Å²) in [6.07, 6.45) is 5.48. The first kappa shape index (κ1) is 18.5. The minimum absolute atomic E-state index is 0.346. The van der Waals surface area contributed by atoms with E-state index in [1.54, 1.807) is 0 Å². The first-order chi connectivity index (χ1) is 13.2. The maximum Gasteiger partial charge on any atom is 0.120 e. The molecule has 0 aliphatic carbocycles. The van der Waals surface area contributed by atoms with E-state index in [-0.39, 0.29) is 0 Å². The van der Waals surface area contributed by atoms with Gasteiger partial charge in [0, 0.05) is 19.6 Å². The lowest BCUT2D eigenvalue weighted by atomic mass is 9.97. The Hall–Kier alpha value is -1.88. The molecule has 4 heteroatoms. The summed E-state index contributed by atoms with van der Waals surface area (Å²) in [6, 6.07) is 12.9. The van der Waals surface area contributed by atoms with E-state index in [2.05, 4.69) is 53.3 Å². The van der Waals surface area contributed by atoms with Crippen molar-refractivity contribution in [1.29, 1.82) is 0 Å². The number of benzene rings is 2. The van der Waals surface area contributed by atoms with Crippen LogP contribution in [0.3, 0.4) is 0 Å². The third-order valence-electron chi connectivity index (χ3n) is 5.70. The predicted molar refractivity (Wildman–Crippen MR) is 111 cm³/mol. The van der Waals surface area contributed by atoms with Crippen LogP contribution < -0.4 is 4.74 Å². The van der Waals surface area contributed by atoms with E-state index in [0.717, 1.165) is 38.3 Å². The van der Waals surface area contributed by atoms with Gasteiger partial charge in [-0.15, -0.1) is 0 Å². The van der Waals surface area contributed by atoms with E-state index in [0.29, 0.717) is 13.2 Å². The zero-order valence-corrected chi connectivity index (χ0v) is 16.2. The highest BCUT2D eigenvalue weighted by Gasteiger charge is 2.16. The van der Waals surface area contributed by atoms with Crippen molar-refractivity contribution in [2.75, 3.05) is 46.4 Å². The highest BCUT2D eigenvalue weighted by Crippen LogP contribution is 2.28. The third kappa shape index (κ3) is 4.70. The van der Waals surface area contributed by atoms with E-state index in [1.807, 2.05) is 6.07 Å². The number of rotatable bonds is 6. The van der Waals surface area contributed by atoms with Gasteiger partial charge in [0.2, 0.25) is 0 Å². The molecule has 2 aromatic carbocycles. The number of aliphatic hydroxyl groups excluding tert-OH is 1. The Labute approximate surface area is 162 Å². The molecule has 2 aromatic rings. The fourth-order valence-electron chi connectivity index (χ4n) is 4.06. The summed E-state index contributed by atoms with van der Waals surface area (Å²) in [5, 5.41) is 12.7. The van der Waals surface area contributed by atoms with Gasteiger partial charge in [-0.1, -0.05) is 24.3 Å². The number of likely N-dealkylation sites (N-methyl/N-ethyl adjacent to an activating group) is 1. The number of likely N-dealkylation sites (tertiary alicyclic amines) is 1. The van der Waals surface area contributed by atoms with Crippen LogP contribution in [0, 0.1) is 0 Å². The van der Waals surface area contributed by atoms with Crippen molar-refractivity contribution in [2.24, 2.45) is 0 Å². The normalized spacial score (nSPS) is 20.0. The molecule has 1 N–H and O–H groups in total. The molecule has 1 fully saturated rings. The van der Waals surface area contributed by atoms with Gasteiger partial charge in [0.15, 0.2) is 0 Å². The van der Waals surface area contributed by atoms with Crippen molar-refractivity contribution in [3.05, 3.63) is 48.0 Å². The summed E-state index contributed by atoms with van der Waals surface area (Å²) in [6.45, 7) is 5.38. The molecule has 0 saturated carbocycles. The zero-order chi connectivity index (χ0) is 18.6. The van der Waals surface area contributed by atoms with Crippen molar-refractivity contribution < 1.29 is 9.84 Å². The van der Waals surface area contributed by atoms with Crippen LogP contribution in [0.15, 0.2) is 42.5 Å². The fourth-order valence-corrected chi connectivity index (χ4v) is 4.06. The Morgan fingerprint density at radius 1 is 1.04 bits per heavy atom. The SMILES string of the molecule is CN1CC=C(c2ccc3ccc(OCC(O)CN4CCCC4)cc3c2)CC1. The summed E-state index contributed by atoms with van der Waals surface area (Å²) < 4.78 is 5.89. The Bertz CT molecular complexity index is 811. The van der Waals surface area contributed by atoms with E-state index >= 15 is 0 Å². The maximum atomic E-state index is 10.2. The molecule has 0 aromatic heterocycles. The number of nitrogens with zero attached hydrogens (tertiary/aromatic N) is 2. The lowest BCUT2D eigenvalue weighted by Gasteiger charge is -2.22. The summed E-state index contributed by atoms with van der Waals surface area (Å²) in [5.41, 5.74) is 2.74. The molecule has 2 heterocycles. The van der Waals surface area contributed by atoms with Crippen LogP contribution in [-0.4, -0.2) is 67.4 Å². The lowest BCUT2D eigenvalue weighted by molar-refractivity contribution is 0.0759. The molecule has 1 atom stereocenters. The number of aliphatic hydroxyl groups is 1. The zero-order valence-electron chi connectivity index (χ0n) is 16.2. The molecule has 2 aliphatic heterocycles. The smallest absolute Gasteiger partial charge is 0.120 e. The average Bonchev–Trinajstić information content (AvgIpc) is 3.19. The minimum Gasteiger partial charge on any atom is -0.491 e. The first-order valence-corrected chi connectivity index (χ1v) is 10.1. The van der Waals surface area contributed by atoms with Crippen LogP contribution >= 0.6 is 0 Å². The van der Waals surface area contributed by atoms with E-state index in [4.69, 9.17) is 4.74 Å². The van der Waals surface area contributed by atoms with Gasteiger partial charge in [0.05, 0.1) is 0 Å². The van der Waals surface area contributed by atoms with Crippen LogP contribution in [-0.2, 0) is 0 Å². The largest absolute Gasteiger partial charge is 0.491 e. The topological polar surface area (TPSA) is 35.9 Å². The molecule has 27 heavy (non-hydrogen) atoms. The molecule has 4 rings (SSSR count). The summed E-state index contributed by atoms with van der Waals surface area (Å²) in [4.78, 5) is 4.65. The molecule has 0 amide bonds. The molecule has 1 unspecified atom stereocenters. The second-order valence-corrected chi connectivity index (χ2v) is 7.94. The second kappa shape index (κ2) is 8.42. The molecule has 0 radical (unpaired) electrons. The molecule has 2 aliphatic rings. The standard InChI is InChI=1S/C23H30N2O2/c1-24-12-8-19(9-13-24)20-5-4-18-6-7-23(15-21(18)14-20)27-17-22(26)16-25-10-2-3-11-25/h4-8,14-15,22,26H,2-3,9-13,16-17H2,1H3. The van der Waals surface area contributed by atoms with Gasteiger partial charge in [0.1, 0.15) is 18.5 Å². The molecule has 0 bridgehead atoms. The molecular weight excluding hydrogens is 336 g/mol. The van der Waals surface area contributed by atoms with Gasteiger partial charge in [-0.2, -0.15) is 0 Å². The number of hydrogen-bond donors (Lipinski definition) is 1. The molecular formula is C23H30N2O2. The van der Waals surface area contributed by atoms with Gasteiger partial charge in [-0.3, -0.25) is 0 Å². The van der Waals surface area contributed by atoms with Crippen molar-refractivity contribution in [3.63, 3.8) is 0 Å². The van der Waals surface area contributed by atoms with E-state index < -0.39 is 6.10 Å². The highest BCUT2D eigenvalue weighted by molar-refractivity contribution is 5.87. The van der Waals surface area contributed by atoms with Gasteiger partial charge in [-0.05, 0) is 79.5 Å². The number of ether oxygens (including phenoxy) is 1. The Kier molecular flexibility index (Phi) is 5.77. The predicted octanol–water partition coefficient (Wildman–Crippen LogP) is 3.39. The monoisotopic (exact) mass is 366 g/mol. The molecule has 4 nitrogen and oxygen atoms in total. The minimum atomic E-state index is -0.436. The van der Waals surface area contributed by atoms with Gasteiger partial charge >= 0.3 is 0 Å².